The number of para-hydroxylation sites is 1. The number of aryl methyl sites for hydroxylation is 2. The van der Waals surface area contributed by atoms with Crippen LogP contribution in [0.5, 0.6) is 0 Å². The molecule has 0 saturated heterocycles. The lowest BCUT2D eigenvalue weighted by Crippen LogP contribution is -2.27. The van der Waals surface area contributed by atoms with Crippen molar-refractivity contribution in [2.24, 2.45) is 0 Å². The molecule has 1 amide bonds. The number of fused-ring (bicyclic) bond motifs is 1. The van der Waals surface area contributed by atoms with Crippen LogP contribution in [0.2, 0.25) is 0 Å². The molecule has 2 heterocycles. The molecule has 28 heavy (non-hydrogen) atoms. The van der Waals surface area contributed by atoms with Crippen LogP contribution in [-0.4, -0.2) is 20.7 Å². The summed E-state index contributed by atoms with van der Waals surface area (Å²) in [6.07, 6.45) is 0. The molecule has 0 aliphatic carbocycles. The van der Waals surface area contributed by atoms with Gasteiger partial charge < -0.3 is 9.73 Å². The van der Waals surface area contributed by atoms with Crippen LogP contribution in [0.4, 0.5) is 10.1 Å². The van der Waals surface area contributed by atoms with E-state index < -0.39 is 17.2 Å². The Morgan fingerprint density at radius 3 is 2.71 bits per heavy atom. The van der Waals surface area contributed by atoms with Crippen molar-refractivity contribution in [1.82, 2.24) is 14.8 Å². The molecule has 7 nitrogen and oxygen atoms in total. The minimum absolute atomic E-state index is 0.147. The summed E-state index contributed by atoms with van der Waals surface area (Å²) < 4.78 is 20.8. The predicted octanol–water partition coefficient (Wildman–Crippen LogP) is 3.38. The third-order valence-corrected chi connectivity index (χ3v) is 4.16. The van der Waals surface area contributed by atoms with E-state index in [4.69, 9.17) is 4.42 Å². The highest BCUT2D eigenvalue weighted by Crippen LogP contribution is 2.20. The normalized spacial score (nSPS) is 11.0. The number of anilines is 1. The Labute approximate surface area is 158 Å². The lowest BCUT2D eigenvalue weighted by Gasteiger charge is -2.12. The molecule has 8 heteroatoms. The first-order chi connectivity index (χ1) is 13.4. The largest absolute Gasteiger partial charge is 0.441 e. The lowest BCUT2D eigenvalue weighted by molar-refractivity contribution is 0.101. The Morgan fingerprint density at radius 2 is 1.93 bits per heavy atom. The molecule has 0 spiro atoms. The molecular weight excluding hydrogens is 363 g/mol. The molecule has 0 aliphatic rings. The minimum Gasteiger partial charge on any atom is -0.441 e. The van der Waals surface area contributed by atoms with Gasteiger partial charge in [0.15, 0.2) is 17.2 Å². The van der Waals surface area contributed by atoms with Gasteiger partial charge in [0.1, 0.15) is 17.0 Å². The average molecular weight is 378 g/mol. The molecule has 0 saturated carbocycles. The Bertz CT molecular complexity index is 1280. The molecule has 1 N–H and O–H groups in total. The molecule has 4 rings (SSSR count). The van der Waals surface area contributed by atoms with Gasteiger partial charge in [-0.15, -0.1) is 0 Å². The predicted molar refractivity (Wildman–Crippen MR) is 101 cm³/mol. The summed E-state index contributed by atoms with van der Waals surface area (Å²) in [6, 6.07) is 12.2. The molecule has 0 radical (unpaired) electrons. The molecule has 0 aliphatic heterocycles. The number of oxazole rings is 1. The van der Waals surface area contributed by atoms with Crippen LogP contribution in [0.25, 0.3) is 16.8 Å². The monoisotopic (exact) mass is 378 g/mol. The molecule has 0 bridgehead atoms. The first-order valence-electron chi connectivity index (χ1n) is 8.47. The number of nitrogens with zero attached hydrogens (tertiary/aromatic N) is 3. The molecule has 2 aromatic carbocycles. The van der Waals surface area contributed by atoms with Crippen molar-refractivity contribution < 1.29 is 13.6 Å². The highest BCUT2D eigenvalue weighted by atomic mass is 19.1. The van der Waals surface area contributed by atoms with Gasteiger partial charge >= 0.3 is 0 Å². The maximum Gasteiger partial charge on any atom is 0.280 e. The van der Waals surface area contributed by atoms with Crippen molar-refractivity contribution in [2.45, 2.75) is 13.8 Å². The number of halogens is 1. The van der Waals surface area contributed by atoms with Crippen molar-refractivity contribution in [3.05, 3.63) is 81.9 Å². The zero-order valence-corrected chi connectivity index (χ0v) is 15.1. The first kappa shape index (κ1) is 17.6. The lowest BCUT2D eigenvalue weighted by atomic mass is 10.2. The SMILES string of the molecule is Cc1nc2cc(NC(=O)c3nn(-c4ccccc4F)c(C)cc3=O)ccc2o1. The van der Waals surface area contributed by atoms with Crippen molar-refractivity contribution in [1.29, 1.82) is 0 Å². The van der Waals surface area contributed by atoms with Crippen LogP contribution < -0.4 is 10.7 Å². The number of carbonyl (C=O) groups excluding carboxylic acids is 1. The number of hydrogen-bond acceptors (Lipinski definition) is 5. The van der Waals surface area contributed by atoms with Crippen LogP contribution in [0.1, 0.15) is 22.1 Å². The number of aromatic nitrogens is 3. The number of hydrogen-bond donors (Lipinski definition) is 1. The highest BCUT2D eigenvalue weighted by molar-refractivity contribution is 6.03. The van der Waals surface area contributed by atoms with Gasteiger partial charge in [-0.3, -0.25) is 9.59 Å². The number of nitrogens with one attached hydrogen (secondary N) is 1. The molecule has 140 valence electrons. The second-order valence-electron chi connectivity index (χ2n) is 6.23. The molecule has 2 aromatic heterocycles. The van der Waals surface area contributed by atoms with E-state index in [-0.39, 0.29) is 11.4 Å². The van der Waals surface area contributed by atoms with E-state index in [0.29, 0.717) is 28.4 Å². The Hall–Kier alpha value is -3.81. The third kappa shape index (κ3) is 3.16. The van der Waals surface area contributed by atoms with Crippen LogP contribution in [0.3, 0.4) is 0 Å². The molecular formula is C20H15FN4O3. The van der Waals surface area contributed by atoms with Crippen LogP contribution in [-0.2, 0) is 0 Å². The van der Waals surface area contributed by atoms with Crippen LogP contribution in [0.15, 0.2) is 57.7 Å². The fourth-order valence-corrected chi connectivity index (χ4v) is 2.88. The standard InChI is InChI=1S/C20H15FN4O3/c1-11-9-17(26)19(24-25(11)16-6-4-3-5-14(16)21)20(27)23-13-7-8-18-15(10-13)22-12(2)28-18/h3-10H,1-2H3,(H,23,27). The van der Waals surface area contributed by atoms with Gasteiger partial charge in [-0.1, -0.05) is 12.1 Å². The number of rotatable bonds is 3. The van der Waals surface area contributed by atoms with E-state index in [0.717, 1.165) is 0 Å². The quantitative estimate of drug-likeness (QED) is 0.590. The summed E-state index contributed by atoms with van der Waals surface area (Å²) in [6.45, 7) is 3.34. The zero-order chi connectivity index (χ0) is 19.8. The van der Waals surface area contributed by atoms with Gasteiger partial charge in [0.25, 0.3) is 5.91 Å². The van der Waals surface area contributed by atoms with Gasteiger partial charge in [0, 0.05) is 24.4 Å². The number of amides is 1. The summed E-state index contributed by atoms with van der Waals surface area (Å²) >= 11 is 0. The van der Waals surface area contributed by atoms with E-state index in [1.807, 2.05) is 0 Å². The van der Waals surface area contributed by atoms with E-state index in [9.17, 15) is 14.0 Å². The smallest absolute Gasteiger partial charge is 0.280 e. The van der Waals surface area contributed by atoms with E-state index in [2.05, 4.69) is 15.4 Å². The molecule has 4 aromatic rings. The first-order valence-corrected chi connectivity index (χ1v) is 8.47. The second-order valence-corrected chi connectivity index (χ2v) is 6.23. The molecule has 0 fully saturated rings. The van der Waals surface area contributed by atoms with Crippen molar-refractivity contribution >= 4 is 22.7 Å². The van der Waals surface area contributed by atoms with Gasteiger partial charge in [-0.05, 0) is 37.3 Å². The minimum atomic E-state index is -0.699. The maximum absolute atomic E-state index is 14.1. The van der Waals surface area contributed by atoms with Crippen molar-refractivity contribution in [2.75, 3.05) is 5.32 Å². The second kappa shape index (κ2) is 6.73. The van der Waals surface area contributed by atoms with Crippen molar-refractivity contribution in [3.63, 3.8) is 0 Å². The maximum atomic E-state index is 14.1. The summed E-state index contributed by atoms with van der Waals surface area (Å²) in [5.74, 6) is -0.707. The van der Waals surface area contributed by atoms with E-state index in [1.165, 1.54) is 22.9 Å². The fourth-order valence-electron chi connectivity index (χ4n) is 2.88. The molecule has 0 atom stereocenters. The summed E-state index contributed by atoms with van der Waals surface area (Å²) in [5, 5.41) is 6.71. The van der Waals surface area contributed by atoms with E-state index in [1.54, 1.807) is 44.2 Å². The van der Waals surface area contributed by atoms with E-state index >= 15 is 0 Å². The Balaban J connectivity index is 1.71. The molecule has 0 unspecified atom stereocenters. The summed E-state index contributed by atoms with van der Waals surface area (Å²) in [5.41, 5.74) is 1.26. The Kier molecular flexibility index (Phi) is 4.23. The average Bonchev–Trinajstić information content (AvgIpc) is 3.02. The summed E-state index contributed by atoms with van der Waals surface area (Å²) in [7, 11) is 0. The van der Waals surface area contributed by atoms with Gasteiger partial charge in [0.05, 0.1) is 0 Å². The fraction of sp³-hybridized carbons (Fsp3) is 0.100. The van der Waals surface area contributed by atoms with Crippen molar-refractivity contribution in [3.8, 4) is 5.69 Å². The zero-order valence-electron chi connectivity index (χ0n) is 15.1. The van der Waals surface area contributed by atoms with Gasteiger partial charge in [-0.2, -0.15) is 5.10 Å². The third-order valence-electron chi connectivity index (χ3n) is 4.16. The highest BCUT2D eigenvalue weighted by Gasteiger charge is 2.17. The Morgan fingerprint density at radius 1 is 1.14 bits per heavy atom. The summed E-state index contributed by atoms with van der Waals surface area (Å²) in [4.78, 5) is 29.1. The van der Waals surface area contributed by atoms with Gasteiger partial charge in [0.2, 0.25) is 5.43 Å². The van der Waals surface area contributed by atoms with Gasteiger partial charge in [-0.25, -0.2) is 14.1 Å². The number of carbonyl (C=O) groups is 1. The number of benzene rings is 2. The topological polar surface area (TPSA) is 90.0 Å². The van der Waals surface area contributed by atoms with Crippen LogP contribution in [0, 0.1) is 19.7 Å². The van der Waals surface area contributed by atoms with Crippen LogP contribution >= 0.6 is 0 Å².